The molecule has 24 heavy (non-hydrogen) atoms. The zero-order valence-electron chi connectivity index (χ0n) is 15.0. The smallest absolute Gasteiger partial charge is 0.168 e. The first-order valence-corrected chi connectivity index (χ1v) is 9.81. The summed E-state index contributed by atoms with van der Waals surface area (Å²) in [5.41, 5.74) is 1.51. The quantitative estimate of drug-likeness (QED) is 0.830. The van der Waals surface area contributed by atoms with Crippen LogP contribution in [0.5, 0.6) is 0 Å². The highest BCUT2D eigenvalue weighted by molar-refractivity contribution is 5.20. The van der Waals surface area contributed by atoms with Gasteiger partial charge in [-0.2, -0.15) is 0 Å². The molecule has 4 rings (SSSR count). The van der Waals surface area contributed by atoms with Gasteiger partial charge in [0, 0.05) is 19.4 Å². The van der Waals surface area contributed by atoms with Crippen LogP contribution < -0.4 is 0 Å². The summed E-state index contributed by atoms with van der Waals surface area (Å²) in [4.78, 5) is 2.58. The van der Waals surface area contributed by atoms with Gasteiger partial charge >= 0.3 is 0 Å². The molecule has 1 unspecified atom stereocenters. The van der Waals surface area contributed by atoms with Crippen LogP contribution in [-0.4, -0.2) is 43.0 Å². The van der Waals surface area contributed by atoms with Crippen LogP contribution in [0.3, 0.4) is 0 Å². The lowest BCUT2D eigenvalue weighted by molar-refractivity contribution is -0.193. The average molecular weight is 329 g/mol. The second-order valence-corrected chi connectivity index (χ2v) is 8.13. The second kappa shape index (κ2) is 7.15. The summed E-state index contributed by atoms with van der Waals surface area (Å²) in [5.74, 6) is 1.33. The van der Waals surface area contributed by atoms with Gasteiger partial charge in [0.2, 0.25) is 0 Å². The Morgan fingerprint density at radius 1 is 1.04 bits per heavy atom. The standard InChI is InChI=1S/C21H31NO2/c1-17-7-11-21(12-8-17)23-16-20(24-21)15-22-13-9-19(10-14-22)18-5-3-2-4-6-18/h2-6,17,19-20H,7-16H2,1H3. The molecule has 1 saturated carbocycles. The lowest BCUT2D eigenvalue weighted by Gasteiger charge is -2.36. The molecule has 0 aromatic heterocycles. The highest BCUT2D eigenvalue weighted by Gasteiger charge is 2.43. The second-order valence-electron chi connectivity index (χ2n) is 8.13. The molecule has 1 aromatic carbocycles. The lowest BCUT2D eigenvalue weighted by atomic mass is 9.86. The van der Waals surface area contributed by atoms with Crippen molar-refractivity contribution in [2.75, 3.05) is 26.2 Å². The summed E-state index contributed by atoms with van der Waals surface area (Å²) in [6.45, 7) is 6.54. The number of benzene rings is 1. The van der Waals surface area contributed by atoms with Gasteiger partial charge in [0.15, 0.2) is 5.79 Å². The molecule has 3 nitrogen and oxygen atoms in total. The molecular formula is C21H31NO2. The maximum Gasteiger partial charge on any atom is 0.168 e. The summed E-state index contributed by atoms with van der Waals surface area (Å²) in [6.07, 6.45) is 7.46. The highest BCUT2D eigenvalue weighted by Crippen LogP contribution is 2.40. The summed E-state index contributed by atoms with van der Waals surface area (Å²) < 4.78 is 12.5. The van der Waals surface area contributed by atoms with E-state index in [1.165, 1.54) is 44.3 Å². The Morgan fingerprint density at radius 3 is 2.46 bits per heavy atom. The summed E-state index contributed by atoms with van der Waals surface area (Å²) in [6, 6.07) is 11.0. The number of nitrogens with zero attached hydrogens (tertiary/aromatic N) is 1. The van der Waals surface area contributed by atoms with Crippen LogP contribution in [0.4, 0.5) is 0 Å². The van der Waals surface area contributed by atoms with Gasteiger partial charge in [-0.25, -0.2) is 0 Å². The molecule has 2 heterocycles. The number of rotatable bonds is 3. The fourth-order valence-electron chi connectivity index (χ4n) is 4.63. The minimum atomic E-state index is -0.237. The summed E-state index contributed by atoms with van der Waals surface area (Å²) in [7, 11) is 0. The Morgan fingerprint density at radius 2 is 1.75 bits per heavy atom. The molecule has 2 aliphatic heterocycles. The van der Waals surface area contributed by atoms with E-state index in [0.29, 0.717) is 0 Å². The van der Waals surface area contributed by atoms with Gasteiger partial charge < -0.3 is 14.4 Å². The van der Waals surface area contributed by atoms with Crippen molar-refractivity contribution in [2.24, 2.45) is 5.92 Å². The minimum Gasteiger partial charge on any atom is -0.347 e. The molecule has 2 saturated heterocycles. The molecule has 1 atom stereocenters. The van der Waals surface area contributed by atoms with Crippen molar-refractivity contribution >= 4 is 0 Å². The predicted molar refractivity (Wildman–Crippen MR) is 96.0 cm³/mol. The third kappa shape index (κ3) is 3.68. The van der Waals surface area contributed by atoms with E-state index in [4.69, 9.17) is 9.47 Å². The zero-order valence-corrected chi connectivity index (χ0v) is 15.0. The monoisotopic (exact) mass is 329 g/mol. The van der Waals surface area contributed by atoms with E-state index < -0.39 is 0 Å². The predicted octanol–water partition coefficient (Wildman–Crippen LogP) is 4.19. The van der Waals surface area contributed by atoms with Crippen LogP contribution in [0.1, 0.15) is 56.9 Å². The highest BCUT2D eigenvalue weighted by atomic mass is 16.7. The Kier molecular flexibility index (Phi) is 4.93. The maximum absolute atomic E-state index is 6.39. The van der Waals surface area contributed by atoms with E-state index in [0.717, 1.165) is 37.8 Å². The fourth-order valence-corrected chi connectivity index (χ4v) is 4.63. The molecule has 3 fully saturated rings. The largest absolute Gasteiger partial charge is 0.347 e. The van der Waals surface area contributed by atoms with Crippen molar-refractivity contribution in [3.05, 3.63) is 35.9 Å². The van der Waals surface area contributed by atoms with Crippen molar-refractivity contribution in [3.63, 3.8) is 0 Å². The number of hydrogen-bond donors (Lipinski definition) is 0. The van der Waals surface area contributed by atoms with Gasteiger partial charge in [-0.1, -0.05) is 37.3 Å². The Hall–Kier alpha value is -0.900. The van der Waals surface area contributed by atoms with Gasteiger partial charge in [-0.05, 0) is 56.2 Å². The van der Waals surface area contributed by atoms with Gasteiger partial charge in [0.1, 0.15) is 0 Å². The van der Waals surface area contributed by atoms with E-state index >= 15 is 0 Å². The first-order valence-electron chi connectivity index (χ1n) is 9.81. The zero-order chi connectivity index (χ0) is 16.4. The number of likely N-dealkylation sites (tertiary alicyclic amines) is 1. The van der Waals surface area contributed by atoms with Gasteiger partial charge in [0.25, 0.3) is 0 Å². The normalized spacial score (nSPS) is 35.5. The summed E-state index contributed by atoms with van der Waals surface area (Å²) >= 11 is 0. The molecule has 0 amide bonds. The molecule has 132 valence electrons. The fraction of sp³-hybridized carbons (Fsp3) is 0.714. The summed E-state index contributed by atoms with van der Waals surface area (Å²) in [5, 5.41) is 0. The molecule has 1 aromatic rings. The van der Waals surface area contributed by atoms with E-state index in [2.05, 4.69) is 42.2 Å². The van der Waals surface area contributed by atoms with Crippen LogP contribution in [0.25, 0.3) is 0 Å². The van der Waals surface area contributed by atoms with Gasteiger partial charge in [-0.15, -0.1) is 0 Å². The van der Waals surface area contributed by atoms with E-state index in [1.54, 1.807) is 0 Å². The van der Waals surface area contributed by atoms with E-state index in [-0.39, 0.29) is 11.9 Å². The molecule has 0 bridgehead atoms. The minimum absolute atomic E-state index is 0.237. The van der Waals surface area contributed by atoms with Crippen LogP contribution >= 0.6 is 0 Å². The average Bonchev–Trinajstić information content (AvgIpc) is 3.02. The molecule has 1 aliphatic carbocycles. The molecule has 1 spiro atoms. The Balaban J connectivity index is 1.25. The lowest BCUT2D eigenvalue weighted by Crippen LogP contribution is -2.41. The van der Waals surface area contributed by atoms with Crippen molar-refractivity contribution in [1.82, 2.24) is 4.90 Å². The third-order valence-corrected chi connectivity index (χ3v) is 6.27. The molecule has 3 aliphatic rings. The van der Waals surface area contributed by atoms with Crippen LogP contribution in [0.2, 0.25) is 0 Å². The number of piperidine rings is 1. The molecule has 3 heteroatoms. The molecular weight excluding hydrogens is 298 g/mol. The Bertz CT molecular complexity index is 516. The van der Waals surface area contributed by atoms with Crippen molar-refractivity contribution in [1.29, 1.82) is 0 Å². The SMILES string of the molecule is CC1CCC2(CC1)OCC(CN1CCC(c3ccccc3)CC1)O2. The van der Waals surface area contributed by atoms with Gasteiger partial charge in [0.05, 0.1) is 12.7 Å². The van der Waals surface area contributed by atoms with E-state index in [9.17, 15) is 0 Å². The third-order valence-electron chi connectivity index (χ3n) is 6.27. The number of ether oxygens (including phenoxy) is 2. The van der Waals surface area contributed by atoms with Crippen molar-refractivity contribution < 1.29 is 9.47 Å². The van der Waals surface area contributed by atoms with Crippen LogP contribution in [-0.2, 0) is 9.47 Å². The van der Waals surface area contributed by atoms with Crippen LogP contribution in [0, 0.1) is 5.92 Å². The van der Waals surface area contributed by atoms with Crippen LogP contribution in [0.15, 0.2) is 30.3 Å². The van der Waals surface area contributed by atoms with Crippen molar-refractivity contribution in [2.45, 2.75) is 63.3 Å². The molecule has 0 N–H and O–H groups in total. The first kappa shape index (κ1) is 16.6. The maximum atomic E-state index is 6.39. The van der Waals surface area contributed by atoms with E-state index in [1.807, 2.05) is 0 Å². The molecule has 0 radical (unpaired) electrons. The van der Waals surface area contributed by atoms with Crippen molar-refractivity contribution in [3.8, 4) is 0 Å². The Labute approximate surface area is 146 Å². The van der Waals surface area contributed by atoms with Gasteiger partial charge in [-0.3, -0.25) is 0 Å². The first-order chi connectivity index (χ1) is 11.7. The number of hydrogen-bond acceptors (Lipinski definition) is 3. The topological polar surface area (TPSA) is 21.7 Å².